The lowest BCUT2D eigenvalue weighted by Crippen LogP contribution is -2.46. The van der Waals surface area contributed by atoms with Crippen LogP contribution in [0.1, 0.15) is 43.7 Å². The van der Waals surface area contributed by atoms with Crippen molar-refractivity contribution >= 4 is 5.96 Å². The summed E-state index contributed by atoms with van der Waals surface area (Å²) in [5, 5.41) is 6.89. The van der Waals surface area contributed by atoms with Crippen molar-refractivity contribution in [3.05, 3.63) is 35.4 Å². The molecular weight excluding hydrogens is 274 g/mol. The van der Waals surface area contributed by atoms with E-state index in [4.69, 9.17) is 4.74 Å². The number of hydrogen-bond acceptors (Lipinski definition) is 2. The topological polar surface area (TPSA) is 45.7 Å². The maximum atomic E-state index is 5.18. The van der Waals surface area contributed by atoms with Gasteiger partial charge in [-0.25, -0.2) is 0 Å². The Bertz CT molecular complexity index is 489. The quantitative estimate of drug-likeness (QED) is 0.601. The first-order valence-corrected chi connectivity index (χ1v) is 8.22. The molecule has 1 fully saturated rings. The van der Waals surface area contributed by atoms with Gasteiger partial charge in [0.25, 0.3) is 0 Å². The highest BCUT2D eigenvalue weighted by Crippen LogP contribution is 2.42. The van der Waals surface area contributed by atoms with Crippen LogP contribution in [-0.2, 0) is 17.9 Å². The number of benzene rings is 1. The monoisotopic (exact) mass is 303 g/mol. The molecule has 0 radical (unpaired) electrons. The molecule has 0 bridgehead atoms. The van der Waals surface area contributed by atoms with E-state index in [1.165, 1.54) is 36.8 Å². The molecule has 1 aliphatic rings. The summed E-state index contributed by atoms with van der Waals surface area (Å²) in [5.74, 6) is 0.886. The zero-order valence-electron chi connectivity index (χ0n) is 14.1. The second-order valence-electron chi connectivity index (χ2n) is 6.24. The van der Waals surface area contributed by atoms with Gasteiger partial charge in [0.05, 0.1) is 6.61 Å². The molecule has 1 saturated carbocycles. The highest BCUT2D eigenvalue weighted by molar-refractivity contribution is 5.79. The van der Waals surface area contributed by atoms with Gasteiger partial charge in [0, 0.05) is 27.2 Å². The predicted molar refractivity (Wildman–Crippen MR) is 91.9 cm³/mol. The molecular formula is C18H29N3O. The summed E-state index contributed by atoms with van der Waals surface area (Å²) in [4.78, 5) is 4.33. The van der Waals surface area contributed by atoms with Crippen LogP contribution < -0.4 is 10.6 Å². The van der Waals surface area contributed by atoms with Gasteiger partial charge in [-0.3, -0.25) is 4.99 Å². The Labute approximate surface area is 134 Å². The van der Waals surface area contributed by atoms with Crippen LogP contribution in [0.25, 0.3) is 0 Å². The third-order valence-electron chi connectivity index (χ3n) is 4.78. The molecule has 0 spiro atoms. The fourth-order valence-electron chi connectivity index (χ4n) is 3.01. The molecule has 122 valence electrons. The molecule has 1 aromatic carbocycles. The highest BCUT2D eigenvalue weighted by Gasteiger charge is 2.34. The maximum Gasteiger partial charge on any atom is 0.191 e. The van der Waals surface area contributed by atoms with Crippen molar-refractivity contribution in [2.45, 2.75) is 45.8 Å². The number of rotatable bonds is 7. The van der Waals surface area contributed by atoms with Gasteiger partial charge < -0.3 is 15.4 Å². The second kappa shape index (κ2) is 8.18. The summed E-state index contributed by atoms with van der Waals surface area (Å²) < 4.78 is 5.18. The van der Waals surface area contributed by atoms with Crippen molar-refractivity contribution in [1.82, 2.24) is 10.6 Å². The van der Waals surface area contributed by atoms with Gasteiger partial charge in [0.2, 0.25) is 0 Å². The first-order chi connectivity index (χ1) is 10.7. The fourth-order valence-corrected chi connectivity index (χ4v) is 3.01. The van der Waals surface area contributed by atoms with E-state index in [1.54, 1.807) is 7.11 Å². The molecule has 0 unspecified atom stereocenters. The SMILES string of the molecule is CCC1(CNC(=NC)NCc2cccc(COC)c2)CCC1. The van der Waals surface area contributed by atoms with Gasteiger partial charge >= 0.3 is 0 Å². The Kier molecular flexibility index (Phi) is 6.25. The Morgan fingerprint density at radius 1 is 1.27 bits per heavy atom. The van der Waals surface area contributed by atoms with Gasteiger partial charge in [-0.1, -0.05) is 37.6 Å². The van der Waals surface area contributed by atoms with Crippen LogP contribution >= 0.6 is 0 Å². The van der Waals surface area contributed by atoms with Crippen molar-refractivity contribution in [3.8, 4) is 0 Å². The summed E-state index contributed by atoms with van der Waals surface area (Å²) in [6.07, 6.45) is 5.29. The van der Waals surface area contributed by atoms with E-state index < -0.39 is 0 Å². The van der Waals surface area contributed by atoms with Crippen molar-refractivity contribution in [1.29, 1.82) is 0 Å². The number of nitrogens with one attached hydrogen (secondary N) is 2. The van der Waals surface area contributed by atoms with E-state index in [2.05, 4.69) is 46.8 Å². The summed E-state index contributed by atoms with van der Waals surface area (Å²) >= 11 is 0. The summed E-state index contributed by atoms with van der Waals surface area (Å²) in [7, 11) is 3.55. The number of aliphatic imine (C=N–C) groups is 1. The molecule has 0 saturated heterocycles. The standard InChI is InChI=1S/C18H29N3O/c1-4-18(9-6-10-18)14-21-17(19-2)20-12-15-7-5-8-16(11-15)13-22-3/h5,7-8,11H,4,6,9-10,12-14H2,1-3H3,(H2,19,20,21). The molecule has 1 aliphatic carbocycles. The summed E-state index contributed by atoms with van der Waals surface area (Å²) in [6, 6.07) is 8.45. The average Bonchev–Trinajstić information content (AvgIpc) is 2.50. The zero-order chi connectivity index (χ0) is 15.8. The lowest BCUT2D eigenvalue weighted by molar-refractivity contribution is 0.131. The van der Waals surface area contributed by atoms with Crippen molar-refractivity contribution in [2.24, 2.45) is 10.4 Å². The van der Waals surface area contributed by atoms with E-state index in [0.29, 0.717) is 12.0 Å². The third kappa shape index (κ3) is 4.47. The molecule has 2 N–H and O–H groups in total. The van der Waals surface area contributed by atoms with Gasteiger partial charge in [0.15, 0.2) is 5.96 Å². The van der Waals surface area contributed by atoms with Crippen LogP contribution in [0.15, 0.2) is 29.3 Å². The number of methoxy groups -OCH3 is 1. The lowest BCUT2D eigenvalue weighted by Gasteiger charge is -2.41. The minimum absolute atomic E-state index is 0.496. The van der Waals surface area contributed by atoms with E-state index >= 15 is 0 Å². The van der Waals surface area contributed by atoms with E-state index in [1.807, 2.05) is 7.05 Å². The Hall–Kier alpha value is -1.55. The minimum Gasteiger partial charge on any atom is -0.380 e. The molecule has 22 heavy (non-hydrogen) atoms. The van der Waals surface area contributed by atoms with Gasteiger partial charge in [-0.15, -0.1) is 0 Å². The molecule has 0 aromatic heterocycles. The van der Waals surface area contributed by atoms with Gasteiger partial charge in [-0.05, 0) is 35.8 Å². The first kappa shape index (κ1) is 16.8. The molecule has 0 aliphatic heterocycles. The molecule has 0 heterocycles. The Morgan fingerprint density at radius 2 is 2.05 bits per heavy atom. The number of hydrogen-bond donors (Lipinski definition) is 2. The first-order valence-electron chi connectivity index (χ1n) is 8.22. The molecule has 2 rings (SSSR count). The van der Waals surface area contributed by atoms with Crippen LogP contribution in [0, 0.1) is 5.41 Å². The number of ether oxygens (including phenoxy) is 1. The van der Waals surface area contributed by atoms with Crippen molar-refractivity contribution in [2.75, 3.05) is 20.7 Å². The normalized spacial score (nSPS) is 17.0. The minimum atomic E-state index is 0.496. The number of nitrogens with zero attached hydrogens (tertiary/aromatic N) is 1. The predicted octanol–water partition coefficient (Wildman–Crippen LogP) is 3.08. The van der Waals surface area contributed by atoms with E-state index in [0.717, 1.165) is 19.0 Å². The highest BCUT2D eigenvalue weighted by atomic mass is 16.5. The van der Waals surface area contributed by atoms with Crippen LogP contribution in [-0.4, -0.2) is 26.7 Å². The van der Waals surface area contributed by atoms with Crippen LogP contribution in [0.3, 0.4) is 0 Å². The Morgan fingerprint density at radius 3 is 2.64 bits per heavy atom. The van der Waals surface area contributed by atoms with Gasteiger partial charge in [0.1, 0.15) is 0 Å². The summed E-state index contributed by atoms with van der Waals surface area (Å²) in [6.45, 7) is 4.74. The molecule has 4 nitrogen and oxygen atoms in total. The van der Waals surface area contributed by atoms with E-state index in [-0.39, 0.29) is 0 Å². The molecule has 4 heteroatoms. The number of guanidine groups is 1. The van der Waals surface area contributed by atoms with Crippen molar-refractivity contribution < 1.29 is 4.74 Å². The van der Waals surface area contributed by atoms with E-state index in [9.17, 15) is 0 Å². The molecule has 1 aromatic rings. The van der Waals surface area contributed by atoms with Crippen molar-refractivity contribution in [3.63, 3.8) is 0 Å². The Balaban J connectivity index is 1.82. The van der Waals surface area contributed by atoms with Crippen LogP contribution in [0.4, 0.5) is 0 Å². The van der Waals surface area contributed by atoms with Crippen LogP contribution in [0.5, 0.6) is 0 Å². The smallest absolute Gasteiger partial charge is 0.191 e. The van der Waals surface area contributed by atoms with Crippen LogP contribution in [0.2, 0.25) is 0 Å². The maximum absolute atomic E-state index is 5.18. The third-order valence-corrected chi connectivity index (χ3v) is 4.78. The lowest BCUT2D eigenvalue weighted by atomic mass is 9.67. The fraction of sp³-hybridized carbons (Fsp3) is 0.611. The molecule has 0 amide bonds. The second-order valence-corrected chi connectivity index (χ2v) is 6.24. The molecule has 0 atom stereocenters. The average molecular weight is 303 g/mol. The largest absolute Gasteiger partial charge is 0.380 e. The zero-order valence-corrected chi connectivity index (χ0v) is 14.1. The van der Waals surface area contributed by atoms with Gasteiger partial charge in [-0.2, -0.15) is 0 Å². The summed E-state index contributed by atoms with van der Waals surface area (Å²) in [5.41, 5.74) is 2.94.